The first-order valence-electron chi connectivity index (χ1n) is 6.02. The zero-order chi connectivity index (χ0) is 10.6. The highest BCUT2D eigenvalue weighted by Gasteiger charge is 2.26. The van der Waals surface area contributed by atoms with Gasteiger partial charge in [-0.15, -0.1) is 0 Å². The van der Waals surface area contributed by atoms with Gasteiger partial charge in [0.2, 0.25) is 0 Å². The summed E-state index contributed by atoms with van der Waals surface area (Å²) >= 11 is 0. The summed E-state index contributed by atoms with van der Waals surface area (Å²) in [5.74, 6) is 1.60. The van der Waals surface area contributed by atoms with Crippen LogP contribution in [-0.4, -0.2) is 23.8 Å². The highest BCUT2D eigenvalue weighted by molar-refractivity contribution is 4.83. The highest BCUT2D eigenvalue weighted by Crippen LogP contribution is 2.28. The number of hydrogen-bond acceptors (Lipinski definition) is 2. The first kappa shape index (κ1) is 12.0. The van der Waals surface area contributed by atoms with Gasteiger partial charge in [-0.25, -0.2) is 0 Å². The molecule has 2 heteroatoms. The maximum Gasteiger partial charge on any atom is 0.0524 e. The third kappa shape index (κ3) is 3.58. The number of aliphatic hydroxyl groups excluding tert-OH is 1. The van der Waals surface area contributed by atoms with Crippen LogP contribution in [0, 0.1) is 11.8 Å². The molecule has 0 spiro atoms. The molecule has 0 aromatic rings. The van der Waals surface area contributed by atoms with Gasteiger partial charge in [0.05, 0.1) is 6.10 Å². The summed E-state index contributed by atoms with van der Waals surface area (Å²) in [7, 11) is 0. The van der Waals surface area contributed by atoms with Crippen molar-refractivity contribution in [1.82, 2.24) is 5.32 Å². The Morgan fingerprint density at radius 1 is 1.29 bits per heavy atom. The fourth-order valence-electron chi connectivity index (χ4n) is 2.54. The van der Waals surface area contributed by atoms with Crippen LogP contribution >= 0.6 is 0 Å². The fraction of sp³-hybridized carbons (Fsp3) is 1.00. The van der Waals surface area contributed by atoms with E-state index in [4.69, 9.17) is 0 Å². The zero-order valence-electron chi connectivity index (χ0n) is 9.79. The fourth-order valence-corrected chi connectivity index (χ4v) is 2.54. The lowest BCUT2D eigenvalue weighted by Gasteiger charge is -2.35. The highest BCUT2D eigenvalue weighted by atomic mass is 16.3. The lowest BCUT2D eigenvalue weighted by atomic mass is 9.79. The molecule has 0 radical (unpaired) electrons. The molecule has 2 nitrogen and oxygen atoms in total. The molecular weight excluding hydrogens is 174 g/mol. The van der Waals surface area contributed by atoms with Gasteiger partial charge in [-0.2, -0.15) is 0 Å². The summed E-state index contributed by atoms with van der Waals surface area (Å²) in [6.45, 7) is 7.50. The predicted molar refractivity (Wildman–Crippen MR) is 60.3 cm³/mol. The normalized spacial score (nSPS) is 31.7. The lowest BCUT2D eigenvalue weighted by Crippen LogP contribution is -2.43. The number of nitrogens with one attached hydrogen (secondary N) is 1. The molecule has 1 saturated carbocycles. The van der Waals surface area contributed by atoms with Crippen LogP contribution in [0.3, 0.4) is 0 Å². The quantitative estimate of drug-likeness (QED) is 0.727. The Kier molecular flexibility index (Phi) is 4.90. The van der Waals surface area contributed by atoms with Crippen LogP contribution in [0.1, 0.15) is 46.5 Å². The van der Waals surface area contributed by atoms with Crippen molar-refractivity contribution in [3.05, 3.63) is 0 Å². The number of rotatable bonds is 4. The Bertz CT molecular complexity index is 148. The molecule has 14 heavy (non-hydrogen) atoms. The number of hydrogen-bond donors (Lipinski definition) is 2. The molecule has 1 fully saturated rings. The first-order valence-corrected chi connectivity index (χ1v) is 6.02. The molecule has 1 rings (SSSR count). The summed E-state index contributed by atoms with van der Waals surface area (Å²) < 4.78 is 0. The Morgan fingerprint density at radius 3 is 2.36 bits per heavy atom. The van der Waals surface area contributed by atoms with Crippen LogP contribution in [0.4, 0.5) is 0 Å². The molecule has 84 valence electrons. The van der Waals surface area contributed by atoms with Crippen LogP contribution in [0.15, 0.2) is 0 Å². The van der Waals surface area contributed by atoms with Crippen LogP contribution in [0.5, 0.6) is 0 Å². The molecular formula is C12H25NO. The third-order valence-electron chi connectivity index (χ3n) is 3.49. The largest absolute Gasteiger partial charge is 0.393 e. The van der Waals surface area contributed by atoms with E-state index in [0.29, 0.717) is 6.04 Å². The average molecular weight is 199 g/mol. The van der Waals surface area contributed by atoms with Crippen LogP contribution in [0.25, 0.3) is 0 Å². The van der Waals surface area contributed by atoms with Crippen molar-refractivity contribution < 1.29 is 5.11 Å². The molecule has 0 aromatic carbocycles. The van der Waals surface area contributed by atoms with E-state index in [-0.39, 0.29) is 6.10 Å². The molecule has 3 atom stereocenters. The molecule has 1 aliphatic carbocycles. The second-order valence-corrected chi connectivity index (χ2v) is 5.00. The van der Waals surface area contributed by atoms with Gasteiger partial charge in [0.15, 0.2) is 0 Å². The monoisotopic (exact) mass is 199 g/mol. The smallest absolute Gasteiger partial charge is 0.0524 e. The minimum atomic E-state index is -0.170. The van der Waals surface area contributed by atoms with E-state index in [1.807, 2.05) is 6.92 Å². The van der Waals surface area contributed by atoms with Gasteiger partial charge in [-0.3, -0.25) is 0 Å². The standard InChI is InChI=1S/C12H25NO/c1-9-5-4-6-10(2)12(9)13-8-7-11(3)14/h9-14H,4-8H2,1-3H3/t9-,10-,11-/m0/s1. The Balaban J connectivity index is 2.26. The second kappa shape index (κ2) is 5.72. The molecule has 0 heterocycles. The summed E-state index contributed by atoms with van der Waals surface area (Å²) in [4.78, 5) is 0. The van der Waals surface area contributed by atoms with Crippen molar-refractivity contribution >= 4 is 0 Å². The molecule has 0 unspecified atom stereocenters. The van der Waals surface area contributed by atoms with Crippen molar-refractivity contribution in [2.75, 3.05) is 6.54 Å². The average Bonchev–Trinajstić information content (AvgIpc) is 2.09. The van der Waals surface area contributed by atoms with E-state index >= 15 is 0 Å². The topological polar surface area (TPSA) is 32.3 Å². The van der Waals surface area contributed by atoms with Crippen molar-refractivity contribution in [2.24, 2.45) is 11.8 Å². The van der Waals surface area contributed by atoms with Gasteiger partial charge >= 0.3 is 0 Å². The van der Waals surface area contributed by atoms with E-state index in [1.54, 1.807) is 0 Å². The van der Waals surface area contributed by atoms with Gasteiger partial charge in [-0.05, 0) is 44.6 Å². The Labute approximate surface area is 88.1 Å². The molecule has 1 aliphatic rings. The molecule has 0 bridgehead atoms. The first-order chi connectivity index (χ1) is 6.61. The van der Waals surface area contributed by atoms with E-state index in [9.17, 15) is 5.11 Å². The minimum absolute atomic E-state index is 0.170. The van der Waals surface area contributed by atoms with Crippen molar-refractivity contribution in [2.45, 2.75) is 58.6 Å². The Hall–Kier alpha value is -0.0800. The maximum absolute atomic E-state index is 9.17. The summed E-state index contributed by atoms with van der Waals surface area (Å²) in [6, 6.07) is 0.669. The molecule has 0 amide bonds. The van der Waals surface area contributed by atoms with Gasteiger partial charge in [-0.1, -0.05) is 20.3 Å². The van der Waals surface area contributed by atoms with E-state index in [2.05, 4.69) is 19.2 Å². The van der Waals surface area contributed by atoms with E-state index < -0.39 is 0 Å². The van der Waals surface area contributed by atoms with Gasteiger partial charge in [0, 0.05) is 6.04 Å². The SMILES string of the molecule is C[C@H](O)CCNC1[C@@H](C)CCC[C@@H]1C. The summed E-state index contributed by atoms with van der Waals surface area (Å²) in [5.41, 5.74) is 0. The van der Waals surface area contributed by atoms with Gasteiger partial charge < -0.3 is 10.4 Å². The predicted octanol–water partition coefficient (Wildman–Crippen LogP) is 2.17. The molecule has 0 aromatic heterocycles. The van der Waals surface area contributed by atoms with Crippen molar-refractivity contribution in [3.63, 3.8) is 0 Å². The van der Waals surface area contributed by atoms with Gasteiger partial charge in [0.1, 0.15) is 0 Å². The maximum atomic E-state index is 9.17. The van der Waals surface area contributed by atoms with Crippen molar-refractivity contribution in [3.8, 4) is 0 Å². The van der Waals surface area contributed by atoms with Gasteiger partial charge in [0.25, 0.3) is 0 Å². The van der Waals surface area contributed by atoms with Crippen LogP contribution in [0.2, 0.25) is 0 Å². The van der Waals surface area contributed by atoms with Crippen LogP contribution < -0.4 is 5.32 Å². The molecule has 2 N–H and O–H groups in total. The Morgan fingerprint density at radius 2 is 1.86 bits per heavy atom. The van der Waals surface area contributed by atoms with E-state index in [1.165, 1.54) is 19.3 Å². The van der Waals surface area contributed by atoms with E-state index in [0.717, 1.165) is 24.8 Å². The lowest BCUT2D eigenvalue weighted by molar-refractivity contribution is 0.166. The zero-order valence-corrected chi connectivity index (χ0v) is 9.79. The summed E-state index contributed by atoms with van der Waals surface area (Å²) in [5, 5.41) is 12.8. The number of aliphatic hydroxyl groups is 1. The van der Waals surface area contributed by atoms with Crippen LogP contribution in [-0.2, 0) is 0 Å². The molecule has 0 saturated heterocycles. The summed E-state index contributed by atoms with van der Waals surface area (Å²) in [6.07, 6.45) is 4.80. The minimum Gasteiger partial charge on any atom is -0.393 e. The third-order valence-corrected chi connectivity index (χ3v) is 3.49. The van der Waals surface area contributed by atoms with Crippen molar-refractivity contribution in [1.29, 1.82) is 0 Å². The molecule has 0 aliphatic heterocycles. The second-order valence-electron chi connectivity index (χ2n) is 5.00.